The van der Waals surface area contributed by atoms with Gasteiger partial charge in [0.05, 0.1) is 10.6 Å². The molecule has 0 aliphatic heterocycles. The van der Waals surface area contributed by atoms with E-state index >= 15 is 0 Å². The van der Waals surface area contributed by atoms with Crippen molar-refractivity contribution in [3.63, 3.8) is 0 Å². The molecule has 0 N–H and O–H groups in total. The van der Waals surface area contributed by atoms with Gasteiger partial charge in [-0.25, -0.2) is 0 Å². The molecular weight excluding hydrogens is 176 g/mol. The molecule has 1 heterocycles. The molecule has 4 heteroatoms. The Morgan fingerprint density at radius 3 is 2.75 bits per heavy atom. The fraction of sp³-hybridized carbons (Fsp3) is 0.250. The first-order chi connectivity index (χ1) is 5.63. The molecule has 0 atom stereocenters. The first kappa shape index (κ1) is 9.00. The third-order valence-corrected chi connectivity index (χ3v) is 1.73. The van der Waals surface area contributed by atoms with Crippen LogP contribution in [0.3, 0.4) is 0 Å². The number of hydrogen-bond donors (Lipinski definition) is 0. The van der Waals surface area contributed by atoms with Gasteiger partial charge in [-0.3, -0.25) is 9.78 Å². The highest BCUT2D eigenvalue weighted by molar-refractivity contribution is 6.33. The van der Waals surface area contributed by atoms with Gasteiger partial charge in [0, 0.05) is 26.5 Å². The van der Waals surface area contributed by atoms with Gasteiger partial charge in [0.25, 0.3) is 5.91 Å². The molecular formula is C8H9ClN2O. The normalized spacial score (nSPS) is 9.58. The van der Waals surface area contributed by atoms with Crippen LogP contribution in [0.2, 0.25) is 5.02 Å². The van der Waals surface area contributed by atoms with E-state index < -0.39 is 0 Å². The summed E-state index contributed by atoms with van der Waals surface area (Å²) < 4.78 is 0. The van der Waals surface area contributed by atoms with Crippen LogP contribution < -0.4 is 0 Å². The monoisotopic (exact) mass is 184 g/mol. The quantitative estimate of drug-likeness (QED) is 0.662. The van der Waals surface area contributed by atoms with Crippen molar-refractivity contribution in [1.29, 1.82) is 0 Å². The van der Waals surface area contributed by atoms with E-state index in [-0.39, 0.29) is 5.91 Å². The largest absolute Gasteiger partial charge is 0.345 e. The summed E-state index contributed by atoms with van der Waals surface area (Å²) in [7, 11) is 3.34. The molecule has 1 aromatic heterocycles. The van der Waals surface area contributed by atoms with Crippen molar-refractivity contribution in [2.45, 2.75) is 0 Å². The van der Waals surface area contributed by atoms with Crippen LogP contribution in [0.4, 0.5) is 0 Å². The molecule has 12 heavy (non-hydrogen) atoms. The molecule has 1 rings (SSSR count). The lowest BCUT2D eigenvalue weighted by Gasteiger charge is -2.10. The van der Waals surface area contributed by atoms with Crippen molar-refractivity contribution >= 4 is 17.5 Å². The number of carbonyl (C=O) groups is 1. The SMILES string of the molecule is CN(C)C(=O)c1cnccc1Cl. The predicted molar refractivity (Wildman–Crippen MR) is 47.3 cm³/mol. The van der Waals surface area contributed by atoms with Crippen molar-refractivity contribution in [3.8, 4) is 0 Å². The van der Waals surface area contributed by atoms with Crippen LogP contribution in [-0.4, -0.2) is 29.9 Å². The first-order valence-corrected chi connectivity index (χ1v) is 3.82. The molecule has 0 bridgehead atoms. The van der Waals surface area contributed by atoms with Crippen LogP contribution in [-0.2, 0) is 0 Å². The Kier molecular flexibility index (Phi) is 2.65. The second kappa shape index (κ2) is 3.54. The van der Waals surface area contributed by atoms with E-state index in [0.29, 0.717) is 10.6 Å². The second-order valence-corrected chi connectivity index (χ2v) is 2.96. The van der Waals surface area contributed by atoms with Gasteiger partial charge in [0.15, 0.2) is 0 Å². The zero-order valence-electron chi connectivity index (χ0n) is 6.91. The molecule has 0 spiro atoms. The van der Waals surface area contributed by atoms with E-state index in [1.807, 2.05) is 0 Å². The van der Waals surface area contributed by atoms with Gasteiger partial charge in [-0.05, 0) is 6.07 Å². The Hall–Kier alpha value is -1.09. The number of aromatic nitrogens is 1. The van der Waals surface area contributed by atoms with Gasteiger partial charge in [-0.2, -0.15) is 0 Å². The van der Waals surface area contributed by atoms with Crippen molar-refractivity contribution in [3.05, 3.63) is 29.0 Å². The third-order valence-electron chi connectivity index (χ3n) is 1.40. The standard InChI is InChI=1S/C8H9ClN2O/c1-11(2)8(12)6-5-10-4-3-7(6)9/h3-5H,1-2H3. The predicted octanol–water partition coefficient (Wildman–Crippen LogP) is 1.44. The summed E-state index contributed by atoms with van der Waals surface area (Å²) >= 11 is 5.78. The van der Waals surface area contributed by atoms with Crippen molar-refractivity contribution < 1.29 is 4.79 Å². The Morgan fingerprint density at radius 2 is 2.25 bits per heavy atom. The molecule has 0 radical (unpaired) electrons. The summed E-state index contributed by atoms with van der Waals surface area (Å²) in [5, 5.41) is 0.434. The van der Waals surface area contributed by atoms with Gasteiger partial charge in [0.1, 0.15) is 0 Å². The van der Waals surface area contributed by atoms with E-state index in [1.54, 1.807) is 26.4 Å². The number of rotatable bonds is 1. The summed E-state index contributed by atoms with van der Waals surface area (Å²) in [6, 6.07) is 1.60. The molecule has 0 unspecified atom stereocenters. The Morgan fingerprint density at radius 1 is 1.58 bits per heavy atom. The first-order valence-electron chi connectivity index (χ1n) is 3.44. The molecule has 0 saturated carbocycles. The Balaban J connectivity index is 3.03. The minimum absolute atomic E-state index is 0.131. The summed E-state index contributed by atoms with van der Waals surface area (Å²) in [6.07, 6.45) is 3.01. The highest BCUT2D eigenvalue weighted by Gasteiger charge is 2.11. The van der Waals surface area contributed by atoms with E-state index in [9.17, 15) is 4.79 Å². The van der Waals surface area contributed by atoms with Crippen LogP contribution in [0, 0.1) is 0 Å². The Bertz CT molecular complexity index is 299. The van der Waals surface area contributed by atoms with Crippen LogP contribution in [0.15, 0.2) is 18.5 Å². The summed E-state index contributed by atoms with van der Waals surface area (Å²) in [5.41, 5.74) is 0.434. The van der Waals surface area contributed by atoms with Gasteiger partial charge in [0.2, 0.25) is 0 Å². The molecule has 0 aromatic carbocycles. The van der Waals surface area contributed by atoms with E-state index in [4.69, 9.17) is 11.6 Å². The molecule has 0 aliphatic rings. The van der Waals surface area contributed by atoms with Crippen LogP contribution in [0.1, 0.15) is 10.4 Å². The lowest BCUT2D eigenvalue weighted by Crippen LogP contribution is -2.22. The van der Waals surface area contributed by atoms with Crippen LogP contribution in [0.25, 0.3) is 0 Å². The lowest BCUT2D eigenvalue weighted by molar-refractivity contribution is 0.0827. The van der Waals surface area contributed by atoms with Gasteiger partial charge in [-0.1, -0.05) is 11.6 Å². The number of hydrogen-bond acceptors (Lipinski definition) is 2. The zero-order valence-corrected chi connectivity index (χ0v) is 7.67. The highest BCUT2D eigenvalue weighted by Crippen LogP contribution is 2.14. The fourth-order valence-corrected chi connectivity index (χ4v) is 0.962. The summed E-state index contributed by atoms with van der Waals surface area (Å²) in [6.45, 7) is 0. The van der Waals surface area contributed by atoms with E-state index in [0.717, 1.165) is 0 Å². The third kappa shape index (κ3) is 1.74. The van der Waals surface area contributed by atoms with E-state index in [2.05, 4.69) is 4.98 Å². The maximum atomic E-state index is 11.4. The smallest absolute Gasteiger partial charge is 0.256 e. The summed E-state index contributed by atoms with van der Waals surface area (Å²) in [5.74, 6) is -0.131. The second-order valence-electron chi connectivity index (χ2n) is 2.56. The van der Waals surface area contributed by atoms with Gasteiger partial charge >= 0.3 is 0 Å². The highest BCUT2D eigenvalue weighted by atomic mass is 35.5. The molecule has 0 fully saturated rings. The molecule has 64 valence electrons. The average molecular weight is 185 g/mol. The minimum Gasteiger partial charge on any atom is -0.345 e. The van der Waals surface area contributed by atoms with Gasteiger partial charge in [-0.15, -0.1) is 0 Å². The summed E-state index contributed by atoms with van der Waals surface area (Å²) in [4.78, 5) is 16.6. The fourth-order valence-electron chi connectivity index (χ4n) is 0.776. The average Bonchev–Trinajstić information content (AvgIpc) is 2.04. The Labute approximate surface area is 76.0 Å². The number of pyridine rings is 1. The minimum atomic E-state index is -0.131. The number of nitrogens with zero attached hydrogens (tertiary/aromatic N) is 2. The zero-order chi connectivity index (χ0) is 9.14. The van der Waals surface area contributed by atoms with E-state index in [1.165, 1.54) is 11.1 Å². The topological polar surface area (TPSA) is 33.2 Å². The molecule has 0 aliphatic carbocycles. The van der Waals surface area contributed by atoms with Crippen LogP contribution in [0.5, 0.6) is 0 Å². The molecule has 0 saturated heterocycles. The maximum absolute atomic E-state index is 11.4. The maximum Gasteiger partial charge on any atom is 0.256 e. The number of halogens is 1. The molecule has 1 amide bonds. The lowest BCUT2D eigenvalue weighted by atomic mass is 10.2. The van der Waals surface area contributed by atoms with Crippen molar-refractivity contribution in [1.82, 2.24) is 9.88 Å². The molecule has 1 aromatic rings. The van der Waals surface area contributed by atoms with Crippen LogP contribution >= 0.6 is 11.6 Å². The number of amides is 1. The van der Waals surface area contributed by atoms with Gasteiger partial charge < -0.3 is 4.90 Å². The van der Waals surface area contributed by atoms with Crippen molar-refractivity contribution in [2.24, 2.45) is 0 Å². The molecule has 3 nitrogen and oxygen atoms in total. The number of carbonyl (C=O) groups excluding carboxylic acids is 1. The van der Waals surface area contributed by atoms with Crippen molar-refractivity contribution in [2.75, 3.05) is 14.1 Å².